The van der Waals surface area contributed by atoms with Crippen LogP contribution in [0.2, 0.25) is 0 Å². The van der Waals surface area contributed by atoms with Crippen molar-refractivity contribution in [2.75, 3.05) is 0 Å². The summed E-state index contributed by atoms with van der Waals surface area (Å²) in [6.45, 7) is 0. The van der Waals surface area contributed by atoms with Crippen LogP contribution in [0.1, 0.15) is 0 Å². The Morgan fingerprint density at radius 1 is 0.529 bits per heavy atom. The summed E-state index contributed by atoms with van der Waals surface area (Å²) in [7, 11) is 26.0. The van der Waals surface area contributed by atoms with Gasteiger partial charge in [-0.15, -0.1) is 0 Å². The van der Waals surface area contributed by atoms with Gasteiger partial charge in [0.15, 0.2) is 0 Å². The molecule has 0 aliphatic carbocycles. The summed E-state index contributed by atoms with van der Waals surface area (Å²) in [6, 6.07) is 17.8. The molecule has 0 fully saturated rings. The highest BCUT2D eigenvalue weighted by atomic mass is 36.4. The van der Waals surface area contributed by atoms with Crippen molar-refractivity contribution in [3.8, 4) is 0 Å². The van der Waals surface area contributed by atoms with E-state index < -0.39 is 5.15 Å². The van der Waals surface area contributed by atoms with Crippen LogP contribution in [0.4, 0.5) is 0 Å². The predicted octanol–water partition coefficient (Wildman–Crippen LogP) is 6.60. The van der Waals surface area contributed by atoms with E-state index in [-0.39, 0.29) is 0 Å². The highest BCUT2D eigenvalue weighted by Gasteiger charge is 2.57. The molecule has 0 aromatic heterocycles. The molecule has 0 spiro atoms. The molecule has 0 nitrogen and oxygen atoms in total. The SMILES string of the molecule is ClS(Cl)(Cl)(Cl)(c1ccccc1)c1ccccc1. The third kappa shape index (κ3) is 2.40. The normalized spacial score (nSPS) is 16.0. The van der Waals surface area contributed by atoms with Gasteiger partial charge in [0.1, 0.15) is 0 Å². The van der Waals surface area contributed by atoms with E-state index in [1.165, 1.54) is 0 Å². The zero-order chi connectivity index (χ0) is 12.6. The Balaban J connectivity index is 2.76. The van der Waals surface area contributed by atoms with Gasteiger partial charge in [-0.2, -0.15) is 0 Å². The van der Waals surface area contributed by atoms with Gasteiger partial charge >= 0.3 is 0 Å². The topological polar surface area (TPSA) is 0 Å². The van der Waals surface area contributed by atoms with Gasteiger partial charge in [-0.1, -0.05) is 36.4 Å². The average Bonchev–Trinajstić information content (AvgIpc) is 2.30. The van der Waals surface area contributed by atoms with E-state index in [9.17, 15) is 0 Å². The predicted molar refractivity (Wildman–Crippen MR) is 80.4 cm³/mol. The second kappa shape index (κ2) is 3.72. The van der Waals surface area contributed by atoms with Gasteiger partial charge in [0, 0.05) is 14.9 Å². The maximum atomic E-state index is 6.51. The molecule has 0 heterocycles. The van der Waals surface area contributed by atoms with Crippen LogP contribution in [0.15, 0.2) is 70.5 Å². The fourth-order valence-electron chi connectivity index (χ4n) is 1.52. The number of hydrogen-bond acceptors (Lipinski definition) is 0. The summed E-state index contributed by atoms with van der Waals surface area (Å²) in [4.78, 5) is 1.01. The molecule has 0 radical (unpaired) electrons. The lowest BCUT2D eigenvalue weighted by Gasteiger charge is -2.57. The van der Waals surface area contributed by atoms with Gasteiger partial charge in [0.05, 0.1) is 0 Å². The number of rotatable bonds is 2. The van der Waals surface area contributed by atoms with Crippen molar-refractivity contribution in [2.24, 2.45) is 0 Å². The number of hydrogen-bond donors (Lipinski definition) is 0. The van der Waals surface area contributed by atoms with Crippen molar-refractivity contribution in [2.45, 2.75) is 9.79 Å². The molecule has 0 atom stereocenters. The Kier molecular flexibility index (Phi) is 2.93. The fourth-order valence-corrected chi connectivity index (χ4v) is 5.68. The molecular weight excluding hydrogens is 318 g/mol. The van der Waals surface area contributed by atoms with E-state index in [1.807, 2.05) is 12.1 Å². The van der Waals surface area contributed by atoms with E-state index in [0.717, 1.165) is 0 Å². The molecule has 5 heteroatoms. The molecule has 0 saturated heterocycles. The van der Waals surface area contributed by atoms with Crippen LogP contribution in [0, 0.1) is 0 Å². The lowest BCUT2D eigenvalue weighted by Crippen LogP contribution is -2.08. The van der Waals surface area contributed by atoms with E-state index in [2.05, 4.69) is 0 Å². The molecular formula is C12H10Cl4S. The van der Waals surface area contributed by atoms with Crippen molar-refractivity contribution >= 4 is 47.9 Å². The summed E-state index contributed by atoms with van der Waals surface area (Å²) >= 11 is 0. The molecule has 0 bridgehead atoms. The maximum Gasteiger partial charge on any atom is 0.0282 e. The minimum Gasteiger partial charge on any atom is -0.0622 e. The Hall–Kier alpha value is -0.0500. The number of halogens is 4. The molecule has 2 aromatic carbocycles. The van der Waals surface area contributed by atoms with Crippen molar-refractivity contribution < 1.29 is 0 Å². The van der Waals surface area contributed by atoms with E-state index in [4.69, 9.17) is 42.7 Å². The Morgan fingerprint density at radius 2 is 0.824 bits per heavy atom. The van der Waals surface area contributed by atoms with Crippen molar-refractivity contribution in [3.05, 3.63) is 60.7 Å². The van der Waals surface area contributed by atoms with Crippen LogP contribution in [0.25, 0.3) is 0 Å². The molecule has 0 N–H and O–H groups in total. The Labute approximate surface area is 118 Å². The third-order valence-electron chi connectivity index (χ3n) is 2.43. The summed E-state index contributed by atoms with van der Waals surface area (Å²) in [5.41, 5.74) is 0. The van der Waals surface area contributed by atoms with Gasteiger partial charge < -0.3 is 0 Å². The quantitative estimate of drug-likeness (QED) is 0.583. The zero-order valence-corrected chi connectivity index (χ0v) is 12.5. The van der Waals surface area contributed by atoms with Gasteiger partial charge in [0.2, 0.25) is 0 Å². The van der Waals surface area contributed by atoms with Crippen molar-refractivity contribution in [1.82, 2.24) is 0 Å². The minimum atomic E-state index is -4.49. The van der Waals surface area contributed by atoms with Gasteiger partial charge in [-0.05, 0) is 67.0 Å². The first kappa shape index (κ1) is 13.4. The van der Waals surface area contributed by atoms with E-state index >= 15 is 0 Å². The molecule has 0 unspecified atom stereocenters. The van der Waals surface area contributed by atoms with Crippen LogP contribution in [-0.2, 0) is 0 Å². The van der Waals surface area contributed by atoms with Crippen molar-refractivity contribution in [1.29, 1.82) is 0 Å². The van der Waals surface area contributed by atoms with Crippen LogP contribution in [-0.4, -0.2) is 0 Å². The first-order chi connectivity index (χ1) is 7.74. The smallest absolute Gasteiger partial charge is 0.0282 e. The largest absolute Gasteiger partial charge is 0.0622 e. The van der Waals surface area contributed by atoms with Gasteiger partial charge in [0.25, 0.3) is 0 Å². The third-order valence-corrected chi connectivity index (χ3v) is 9.15. The monoisotopic (exact) mass is 326 g/mol. The fraction of sp³-hybridized carbons (Fsp3) is 0. The standard InChI is InChI=1S/C12H10Cl4S/c13-17(14,15,16,11-7-3-1-4-8-11)12-9-5-2-6-10-12/h1-10H. The highest BCUT2D eigenvalue weighted by Crippen LogP contribution is 3.12. The lowest BCUT2D eigenvalue weighted by atomic mass is 10.4. The average molecular weight is 328 g/mol. The molecule has 2 rings (SSSR count). The summed E-state index contributed by atoms with van der Waals surface area (Å²) < 4.78 is 0. The minimum absolute atomic E-state index is 0.505. The van der Waals surface area contributed by atoms with Crippen LogP contribution < -0.4 is 0 Å². The zero-order valence-electron chi connectivity index (χ0n) is 8.69. The maximum absolute atomic E-state index is 6.51. The van der Waals surface area contributed by atoms with E-state index in [0.29, 0.717) is 9.79 Å². The Morgan fingerprint density at radius 3 is 1.12 bits per heavy atom. The van der Waals surface area contributed by atoms with Gasteiger partial charge in [-0.25, -0.2) is 0 Å². The van der Waals surface area contributed by atoms with Crippen LogP contribution in [0.5, 0.6) is 0 Å². The van der Waals surface area contributed by atoms with Crippen LogP contribution in [0.3, 0.4) is 0 Å². The van der Waals surface area contributed by atoms with Crippen molar-refractivity contribution in [3.63, 3.8) is 0 Å². The first-order valence-electron chi connectivity index (χ1n) is 4.85. The molecule has 92 valence electrons. The van der Waals surface area contributed by atoms with Gasteiger partial charge in [-0.3, -0.25) is 0 Å². The first-order valence-corrected chi connectivity index (χ1v) is 10.6. The summed E-state index contributed by atoms with van der Waals surface area (Å²) in [5, 5.41) is -4.49. The summed E-state index contributed by atoms with van der Waals surface area (Å²) in [6.07, 6.45) is 0. The molecule has 0 aliphatic rings. The Bertz CT molecular complexity index is 484. The van der Waals surface area contributed by atoms with Crippen LogP contribution >= 0.6 is 47.9 Å². The molecule has 0 aliphatic heterocycles. The second-order valence-corrected chi connectivity index (χ2v) is 18.9. The molecule has 0 saturated carbocycles. The summed E-state index contributed by atoms with van der Waals surface area (Å²) in [5.74, 6) is 0. The van der Waals surface area contributed by atoms with E-state index in [1.54, 1.807) is 48.5 Å². The second-order valence-electron chi connectivity index (χ2n) is 3.70. The lowest BCUT2D eigenvalue weighted by molar-refractivity contribution is 1.38. The molecule has 17 heavy (non-hydrogen) atoms. The molecule has 0 amide bonds. The number of benzene rings is 2. The molecule has 2 aromatic rings. The highest BCUT2D eigenvalue weighted by molar-refractivity contribution is 9.13.